The van der Waals surface area contributed by atoms with E-state index in [1.54, 1.807) is 0 Å². The van der Waals surface area contributed by atoms with Gasteiger partial charge in [0.05, 0.1) is 0 Å². The van der Waals surface area contributed by atoms with Crippen LogP contribution >= 0.6 is 0 Å². The zero-order chi connectivity index (χ0) is 14.9. The number of rotatable bonds is 2. The fourth-order valence-corrected chi connectivity index (χ4v) is 1.92. The fraction of sp³-hybridized carbons (Fsp3) is 0.250. The molecule has 1 heterocycles. The zero-order valence-electron chi connectivity index (χ0n) is 10.1. The second-order valence-electron chi connectivity index (χ2n) is 4.25. The standard InChI is InChI=1S/C12H10F2N2O4/c13-7-1-6(2-8(14)3-7)11(18)16-5-10(17)15-4-9(16)12(19)20/h1-3,9H,4-5H2,(H,15,17)(H,19,20). The normalized spacial score (nSPS) is 18.6. The Bertz CT molecular complexity index is 571. The Hall–Kier alpha value is -2.51. The minimum atomic E-state index is -1.31. The minimum absolute atomic E-state index is 0.252. The summed E-state index contributed by atoms with van der Waals surface area (Å²) in [5, 5.41) is 11.3. The summed E-state index contributed by atoms with van der Waals surface area (Å²) in [6, 6.07) is 0.897. The topological polar surface area (TPSA) is 86.7 Å². The van der Waals surface area contributed by atoms with Gasteiger partial charge in [-0.1, -0.05) is 0 Å². The average Bonchev–Trinajstić information content (AvgIpc) is 2.36. The van der Waals surface area contributed by atoms with Crippen LogP contribution in [0.25, 0.3) is 0 Å². The third-order valence-electron chi connectivity index (χ3n) is 2.84. The van der Waals surface area contributed by atoms with Crippen LogP contribution in [0.4, 0.5) is 8.78 Å². The fourth-order valence-electron chi connectivity index (χ4n) is 1.92. The number of carboxylic acids is 1. The van der Waals surface area contributed by atoms with Gasteiger partial charge in [-0.05, 0) is 12.1 Å². The van der Waals surface area contributed by atoms with Gasteiger partial charge in [0, 0.05) is 18.2 Å². The molecular weight excluding hydrogens is 274 g/mol. The van der Waals surface area contributed by atoms with Crippen LogP contribution < -0.4 is 5.32 Å². The number of hydrogen-bond acceptors (Lipinski definition) is 3. The summed E-state index contributed by atoms with van der Waals surface area (Å²) in [6.07, 6.45) is 0. The summed E-state index contributed by atoms with van der Waals surface area (Å²) in [5.41, 5.74) is -0.344. The van der Waals surface area contributed by atoms with Crippen molar-refractivity contribution >= 4 is 17.8 Å². The van der Waals surface area contributed by atoms with Crippen LogP contribution in [-0.2, 0) is 9.59 Å². The van der Waals surface area contributed by atoms with Crippen molar-refractivity contribution in [2.24, 2.45) is 0 Å². The van der Waals surface area contributed by atoms with Crippen LogP contribution in [0.5, 0.6) is 0 Å². The first-order valence-electron chi connectivity index (χ1n) is 5.65. The van der Waals surface area contributed by atoms with Crippen LogP contribution in [0.2, 0.25) is 0 Å². The molecule has 8 heteroatoms. The maximum absolute atomic E-state index is 13.1. The number of carbonyl (C=O) groups excluding carboxylic acids is 2. The lowest BCUT2D eigenvalue weighted by molar-refractivity contribution is -0.144. The highest BCUT2D eigenvalue weighted by molar-refractivity contribution is 5.99. The van der Waals surface area contributed by atoms with Crippen LogP contribution in [0, 0.1) is 11.6 Å². The molecule has 1 aliphatic rings. The number of nitrogens with one attached hydrogen (secondary N) is 1. The number of aliphatic carboxylic acids is 1. The van der Waals surface area contributed by atoms with Crippen LogP contribution in [0.3, 0.4) is 0 Å². The molecule has 20 heavy (non-hydrogen) atoms. The van der Waals surface area contributed by atoms with Gasteiger partial charge in [-0.2, -0.15) is 0 Å². The number of carbonyl (C=O) groups is 3. The van der Waals surface area contributed by atoms with Gasteiger partial charge in [-0.15, -0.1) is 0 Å². The van der Waals surface area contributed by atoms with E-state index >= 15 is 0 Å². The summed E-state index contributed by atoms with van der Waals surface area (Å²) in [5.74, 6) is -4.67. The molecule has 2 amide bonds. The van der Waals surface area contributed by atoms with Gasteiger partial charge in [0.15, 0.2) is 0 Å². The summed E-state index contributed by atoms with van der Waals surface area (Å²) in [6.45, 7) is -0.731. The number of nitrogens with zero attached hydrogens (tertiary/aromatic N) is 1. The number of benzene rings is 1. The van der Waals surface area contributed by atoms with Crippen molar-refractivity contribution in [3.05, 3.63) is 35.4 Å². The Kier molecular flexibility index (Phi) is 3.64. The maximum atomic E-state index is 13.1. The van der Waals surface area contributed by atoms with E-state index in [2.05, 4.69) is 5.32 Å². The molecule has 1 saturated heterocycles. The SMILES string of the molecule is O=C1CN(C(=O)c2cc(F)cc(F)c2)C(C(=O)O)CN1. The molecule has 0 radical (unpaired) electrons. The Morgan fingerprint density at radius 2 is 1.85 bits per heavy atom. The molecule has 1 aromatic rings. The molecule has 0 bridgehead atoms. The molecule has 1 aliphatic heterocycles. The van der Waals surface area contributed by atoms with E-state index in [4.69, 9.17) is 5.11 Å². The lowest BCUT2D eigenvalue weighted by Crippen LogP contribution is -2.59. The summed E-state index contributed by atoms with van der Waals surface area (Å²) >= 11 is 0. The van der Waals surface area contributed by atoms with Crippen molar-refractivity contribution < 1.29 is 28.3 Å². The molecule has 0 saturated carbocycles. The molecule has 0 aliphatic carbocycles. The monoisotopic (exact) mass is 284 g/mol. The lowest BCUT2D eigenvalue weighted by Gasteiger charge is -2.32. The average molecular weight is 284 g/mol. The Morgan fingerprint density at radius 1 is 1.25 bits per heavy atom. The smallest absolute Gasteiger partial charge is 0.328 e. The van der Waals surface area contributed by atoms with Gasteiger partial charge >= 0.3 is 5.97 Å². The van der Waals surface area contributed by atoms with E-state index in [0.717, 1.165) is 17.0 Å². The number of carboxylic acid groups (broad SMARTS) is 1. The molecule has 0 aromatic heterocycles. The van der Waals surface area contributed by atoms with Crippen molar-refractivity contribution in [3.8, 4) is 0 Å². The van der Waals surface area contributed by atoms with Crippen LogP contribution in [0.1, 0.15) is 10.4 Å². The molecule has 1 fully saturated rings. The van der Waals surface area contributed by atoms with Gasteiger partial charge in [-0.3, -0.25) is 9.59 Å². The van der Waals surface area contributed by atoms with E-state index in [0.29, 0.717) is 6.07 Å². The van der Waals surface area contributed by atoms with E-state index in [1.165, 1.54) is 0 Å². The quantitative estimate of drug-likeness (QED) is 0.799. The third-order valence-corrected chi connectivity index (χ3v) is 2.84. The molecule has 2 rings (SSSR count). The minimum Gasteiger partial charge on any atom is -0.480 e. The summed E-state index contributed by atoms with van der Waals surface area (Å²) in [4.78, 5) is 35.2. The number of piperazine rings is 1. The second-order valence-corrected chi connectivity index (χ2v) is 4.25. The highest BCUT2D eigenvalue weighted by Crippen LogP contribution is 2.14. The Labute approximate surface area is 112 Å². The largest absolute Gasteiger partial charge is 0.480 e. The van der Waals surface area contributed by atoms with Gasteiger partial charge in [0.25, 0.3) is 5.91 Å². The van der Waals surface area contributed by atoms with Gasteiger partial charge < -0.3 is 15.3 Å². The van der Waals surface area contributed by atoms with Crippen LogP contribution in [-0.4, -0.2) is 46.9 Å². The van der Waals surface area contributed by atoms with E-state index in [-0.39, 0.29) is 12.1 Å². The lowest BCUT2D eigenvalue weighted by atomic mass is 10.1. The number of halogens is 2. The zero-order valence-corrected chi connectivity index (χ0v) is 10.1. The number of amides is 2. The number of hydrogen-bond donors (Lipinski definition) is 2. The molecule has 1 aromatic carbocycles. The predicted octanol–water partition coefficient (Wildman–Crippen LogP) is -0.01000. The Balaban J connectivity index is 2.33. The van der Waals surface area contributed by atoms with E-state index in [9.17, 15) is 23.2 Å². The molecule has 2 N–H and O–H groups in total. The van der Waals surface area contributed by atoms with Crippen molar-refractivity contribution in [1.29, 1.82) is 0 Å². The molecule has 0 spiro atoms. The first-order valence-corrected chi connectivity index (χ1v) is 5.65. The third kappa shape index (κ3) is 2.73. The first-order chi connectivity index (χ1) is 9.38. The van der Waals surface area contributed by atoms with Crippen molar-refractivity contribution in [3.63, 3.8) is 0 Å². The second kappa shape index (κ2) is 5.24. The predicted molar refractivity (Wildman–Crippen MR) is 61.8 cm³/mol. The molecule has 1 atom stereocenters. The van der Waals surface area contributed by atoms with Crippen LogP contribution in [0.15, 0.2) is 18.2 Å². The molecule has 6 nitrogen and oxygen atoms in total. The van der Waals surface area contributed by atoms with Gasteiger partial charge in [0.2, 0.25) is 5.91 Å². The maximum Gasteiger partial charge on any atom is 0.328 e. The van der Waals surface area contributed by atoms with Crippen molar-refractivity contribution in [2.45, 2.75) is 6.04 Å². The van der Waals surface area contributed by atoms with Gasteiger partial charge in [-0.25, -0.2) is 13.6 Å². The molecular formula is C12H10F2N2O4. The summed E-state index contributed by atoms with van der Waals surface area (Å²) < 4.78 is 26.2. The molecule has 1 unspecified atom stereocenters. The highest BCUT2D eigenvalue weighted by Gasteiger charge is 2.35. The van der Waals surface area contributed by atoms with Crippen molar-refractivity contribution in [2.75, 3.05) is 13.1 Å². The Morgan fingerprint density at radius 3 is 2.40 bits per heavy atom. The highest BCUT2D eigenvalue weighted by atomic mass is 19.1. The molecule has 106 valence electrons. The van der Waals surface area contributed by atoms with E-state index in [1.807, 2.05) is 0 Å². The van der Waals surface area contributed by atoms with Crippen molar-refractivity contribution in [1.82, 2.24) is 10.2 Å². The summed E-state index contributed by atoms with van der Waals surface area (Å²) in [7, 11) is 0. The van der Waals surface area contributed by atoms with Gasteiger partial charge in [0.1, 0.15) is 24.2 Å². The van der Waals surface area contributed by atoms with E-state index < -0.39 is 42.0 Å². The first kappa shape index (κ1) is 13.9.